The van der Waals surface area contributed by atoms with Gasteiger partial charge in [-0.05, 0) is 36.4 Å². The van der Waals surface area contributed by atoms with Crippen LogP contribution in [0, 0.1) is 0 Å². The fourth-order valence-electron chi connectivity index (χ4n) is 2.39. The lowest BCUT2D eigenvalue weighted by atomic mass is 10.1. The van der Waals surface area contributed by atoms with Crippen LogP contribution in [0.5, 0.6) is 11.5 Å². The first-order valence-electron chi connectivity index (χ1n) is 8.29. The van der Waals surface area contributed by atoms with E-state index in [9.17, 15) is 22.8 Å². The van der Waals surface area contributed by atoms with Gasteiger partial charge in [0.2, 0.25) is 0 Å². The van der Waals surface area contributed by atoms with E-state index in [0.717, 1.165) is 12.1 Å². The molecule has 0 saturated heterocycles. The summed E-state index contributed by atoms with van der Waals surface area (Å²) in [5, 5.41) is 4.30. The smallest absolute Gasteiger partial charge is 0.418 e. The standard InChI is InChI=1S/C20H14F3N3O3/c21-20(22,23)16-6-1-2-7-17(16)26-19(28)18(27)25-13-4-3-5-15(12-13)29-14-8-10-24-11-9-14/h1-12H,(H,25,27)(H,26,28). The van der Waals surface area contributed by atoms with E-state index in [2.05, 4.69) is 10.3 Å². The number of pyridine rings is 1. The lowest BCUT2D eigenvalue weighted by Crippen LogP contribution is -2.30. The maximum Gasteiger partial charge on any atom is 0.418 e. The van der Waals surface area contributed by atoms with Gasteiger partial charge < -0.3 is 15.4 Å². The Morgan fingerprint density at radius 2 is 1.52 bits per heavy atom. The molecule has 2 N–H and O–H groups in total. The van der Waals surface area contributed by atoms with Crippen molar-refractivity contribution in [1.82, 2.24) is 4.98 Å². The Labute approximate surface area is 163 Å². The zero-order valence-corrected chi connectivity index (χ0v) is 14.7. The number of anilines is 2. The van der Waals surface area contributed by atoms with Crippen molar-refractivity contribution >= 4 is 23.2 Å². The number of benzene rings is 2. The Morgan fingerprint density at radius 3 is 2.24 bits per heavy atom. The van der Waals surface area contributed by atoms with Gasteiger partial charge in [-0.1, -0.05) is 18.2 Å². The molecule has 2 amide bonds. The second kappa shape index (κ2) is 8.42. The molecule has 0 atom stereocenters. The summed E-state index contributed by atoms with van der Waals surface area (Å²) in [5.74, 6) is -1.45. The largest absolute Gasteiger partial charge is 0.457 e. The normalized spacial score (nSPS) is 10.9. The first-order chi connectivity index (χ1) is 13.8. The fourth-order valence-corrected chi connectivity index (χ4v) is 2.39. The molecule has 0 aliphatic carbocycles. The van der Waals surface area contributed by atoms with Crippen molar-refractivity contribution in [2.24, 2.45) is 0 Å². The number of carbonyl (C=O) groups excluding carboxylic acids is 2. The first-order valence-corrected chi connectivity index (χ1v) is 8.29. The summed E-state index contributed by atoms with van der Waals surface area (Å²) >= 11 is 0. The minimum Gasteiger partial charge on any atom is -0.457 e. The number of hydrogen-bond donors (Lipinski definition) is 2. The lowest BCUT2D eigenvalue weighted by Gasteiger charge is -2.13. The molecule has 2 aromatic carbocycles. The summed E-state index contributed by atoms with van der Waals surface area (Å²) in [6.07, 6.45) is -1.58. The molecular weight excluding hydrogens is 387 g/mol. The van der Waals surface area contributed by atoms with E-state index in [1.54, 1.807) is 36.7 Å². The lowest BCUT2D eigenvalue weighted by molar-refractivity contribution is -0.137. The fraction of sp³-hybridized carbons (Fsp3) is 0.0500. The van der Waals surface area contributed by atoms with Gasteiger partial charge in [-0.3, -0.25) is 14.6 Å². The van der Waals surface area contributed by atoms with Crippen LogP contribution < -0.4 is 15.4 Å². The Morgan fingerprint density at radius 1 is 0.828 bits per heavy atom. The number of rotatable bonds is 4. The number of aromatic nitrogens is 1. The van der Waals surface area contributed by atoms with E-state index in [1.807, 2.05) is 5.32 Å². The zero-order valence-electron chi connectivity index (χ0n) is 14.7. The molecule has 6 nitrogen and oxygen atoms in total. The monoisotopic (exact) mass is 401 g/mol. The number of carbonyl (C=O) groups is 2. The predicted octanol–water partition coefficient (Wildman–Crippen LogP) is 4.47. The van der Waals surface area contributed by atoms with Crippen LogP contribution in [0.15, 0.2) is 73.1 Å². The van der Waals surface area contributed by atoms with Crippen molar-refractivity contribution < 1.29 is 27.5 Å². The van der Waals surface area contributed by atoms with E-state index in [1.165, 1.54) is 24.3 Å². The Balaban J connectivity index is 1.68. The molecule has 0 unspecified atom stereocenters. The van der Waals surface area contributed by atoms with Crippen molar-refractivity contribution in [3.63, 3.8) is 0 Å². The first kappa shape index (κ1) is 19.9. The van der Waals surface area contributed by atoms with E-state index < -0.39 is 29.2 Å². The van der Waals surface area contributed by atoms with Gasteiger partial charge in [-0.15, -0.1) is 0 Å². The quantitative estimate of drug-likeness (QED) is 0.632. The van der Waals surface area contributed by atoms with Crippen LogP contribution in [0.2, 0.25) is 0 Å². The minimum atomic E-state index is -4.67. The Bertz CT molecular complexity index is 1020. The molecule has 0 aliphatic rings. The topological polar surface area (TPSA) is 80.3 Å². The van der Waals surface area contributed by atoms with Gasteiger partial charge >= 0.3 is 18.0 Å². The van der Waals surface area contributed by atoms with Gasteiger partial charge in [0.1, 0.15) is 11.5 Å². The second-order valence-electron chi connectivity index (χ2n) is 5.76. The van der Waals surface area contributed by atoms with Crippen LogP contribution in [-0.4, -0.2) is 16.8 Å². The highest BCUT2D eigenvalue weighted by Crippen LogP contribution is 2.34. The average Bonchev–Trinajstić information content (AvgIpc) is 2.68. The SMILES string of the molecule is O=C(Nc1cccc(Oc2ccncc2)c1)C(=O)Nc1ccccc1C(F)(F)F. The van der Waals surface area contributed by atoms with E-state index in [-0.39, 0.29) is 5.69 Å². The number of para-hydroxylation sites is 1. The molecule has 0 fully saturated rings. The molecule has 1 aromatic heterocycles. The van der Waals surface area contributed by atoms with Crippen LogP contribution in [0.3, 0.4) is 0 Å². The van der Waals surface area contributed by atoms with E-state index in [4.69, 9.17) is 4.74 Å². The van der Waals surface area contributed by atoms with Crippen LogP contribution >= 0.6 is 0 Å². The third kappa shape index (κ3) is 5.32. The highest BCUT2D eigenvalue weighted by atomic mass is 19.4. The zero-order chi connectivity index (χ0) is 20.9. The third-order valence-corrected chi connectivity index (χ3v) is 3.66. The summed E-state index contributed by atoms with van der Waals surface area (Å²) in [4.78, 5) is 28.0. The molecule has 0 aliphatic heterocycles. The number of hydrogen-bond acceptors (Lipinski definition) is 4. The number of nitrogens with one attached hydrogen (secondary N) is 2. The van der Waals surface area contributed by atoms with E-state index >= 15 is 0 Å². The molecule has 1 heterocycles. The molecule has 9 heteroatoms. The molecule has 0 spiro atoms. The van der Waals surface area contributed by atoms with Gasteiger partial charge in [0.15, 0.2) is 0 Å². The summed E-state index contributed by atoms with van der Waals surface area (Å²) < 4.78 is 44.6. The number of halogens is 3. The number of alkyl halides is 3. The van der Waals surface area contributed by atoms with Crippen molar-refractivity contribution in [3.05, 3.63) is 78.6 Å². The van der Waals surface area contributed by atoms with Gasteiger partial charge in [0.25, 0.3) is 0 Å². The highest BCUT2D eigenvalue weighted by molar-refractivity contribution is 6.43. The number of amides is 2. The number of nitrogens with zero attached hydrogens (tertiary/aromatic N) is 1. The third-order valence-electron chi connectivity index (χ3n) is 3.66. The maximum absolute atomic E-state index is 13.0. The Kier molecular flexibility index (Phi) is 5.77. The molecule has 29 heavy (non-hydrogen) atoms. The summed E-state index contributed by atoms with van der Waals surface area (Å²) in [7, 11) is 0. The van der Waals surface area contributed by atoms with Crippen molar-refractivity contribution in [3.8, 4) is 11.5 Å². The molecule has 0 radical (unpaired) electrons. The van der Waals surface area contributed by atoms with Crippen LogP contribution in [0.25, 0.3) is 0 Å². The second-order valence-corrected chi connectivity index (χ2v) is 5.76. The molecule has 0 saturated carbocycles. The molecule has 148 valence electrons. The van der Waals surface area contributed by atoms with Gasteiger partial charge in [0.05, 0.1) is 11.3 Å². The minimum absolute atomic E-state index is 0.237. The molecular formula is C20H14F3N3O3. The summed E-state index contributed by atoms with van der Waals surface area (Å²) in [6.45, 7) is 0. The summed E-state index contributed by atoms with van der Waals surface area (Å²) in [6, 6.07) is 13.9. The van der Waals surface area contributed by atoms with Crippen molar-refractivity contribution in [2.45, 2.75) is 6.18 Å². The van der Waals surface area contributed by atoms with Crippen LogP contribution in [0.4, 0.5) is 24.5 Å². The Hall–Kier alpha value is -3.88. The highest BCUT2D eigenvalue weighted by Gasteiger charge is 2.34. The molecule has 3 aromatic rings. The van der Waals surface area contributed by atoms with Crippen LogP contribution in [-0.2, 0) is 15.8 Å². The van der Waals surface area contributed by atoms with Gasteiger partial charge in [-0.25, -0.2) is 0 Å². The number of ether oxygens (including phenoxy) is 1. The average molecular weight is 401 g/mol. The summed E-state index contributed by atoms with van der Waals surface area (Å²) in [5.41, 5.74) is -1.32. The maximum atomic E-state index is 13.0. The van der Waals surface area contributed by atoms with E-state index in [0.29, 0.717) is 11.5 Å². The van der Waals surface area contributed by atoms with Crippen LogP contribution in [0.1, 0.15) is 5.56 Å². The van der Waals surface area contributed by atoms with Crippen molar-refractivity contribution in [2.75, 3.05) is 10.6 Å². The van der Waals surface area contributed by atoms with Gasteiger partial charge in [-0.2, -0.15) is 13.2 Å². The molecule has 0 bridgehead atoms. The molecule has 3 rings (SSSR count). The predicted molar refractivity (Wildman–Crippen MR) is 99.5 cm³/mol. The van der Waals surface area contributed by atoms with Gasteiger partial charge in [0, 0.05) is 24.1 Å². The van der Waals surface area contributed by atoms with Crippen molar-refractivity contribution in [1.29, 1.82) is 0 Å².